The van der Waals surface area contributed by atoms with Gasteiger partial charge in [0.05, 0.1) is 11.5 Å². The normalized spacial score (nSPS) is 15.6. The van der Waals surface area contributed by atoms with Gasteiger partial charge in [-0.3, -0.25) is 4.90 Å². The topological polar surface area (TPSA) is 42.9 Å². The van der Waals surface area contributed by atoms with Crippen LogP contribution in [0.2, 0.25) is 0 Å². The van der Waals surface area contributed by atoms with Crippen molar-refractivity contribution in [2.24, 2.45) is 4.99 Å². The molecule has 2 aromatic rings. The standard InChI is InChI=1S/C24H37N5S/c1-4-25-24(27-22-13-15-29(16-14-22)23-12-9-17-30-23)26-18-20-10-7-8-11-21(20)19-28(5-2)6-3/h7-12,17,22H,4-6,13-16,18-19H2,1-3H3,(H2,25,26,27). The first-order chi connectivity index (χ1) is 14.7. The molecule has 0 radical (unpaired) electrons. The maximum atomic E-state index is 4.93. The van der Waals surface area contributed by atoms with Crippen LogP contribution in [-0.2, 0) is 13.1 Å². The van der Waals surface area contributed by atoms with Crippen LogP contribution in [0.25, 0.3) is 0 Å². The Morgan fingerprint density at radius 2 is 1.80 bits per heavy atom. The number of hydrogen-bond donors (Lipinski definition) is 2. The number of aliphatic imine (C=N–C) groups is 1. The lowest BCUT2D eigenvalue weighted by molar-refractivity contribution is 0.295. The van der Waals surface area contributed by atoms with Crippen LogP contribution in [0, 0.1) is 0 Å². The van der Waals surface area contributed by atoms with E-state index in [2.05, 4.69) is 83.0 Å². The first-order valence-corrected chi connectivity index (χ1v) is 12.2. The molecule has 1 aromatic heterocycles. The van der Waals surface area contributed by atoms with Gasteiger partial charge in [0.2, 0.25) is 0 Å². The van der Waals surface area contributed by atoms with Gasteiger partial charge in [0.1, 0.15) is 0 Å². The van der Waals surface area contributed by atoms with E-state index in [1.807, 2.05) is 11.3 Å². The zero-order valence-electron chi connectivity index (χ0n) is 18.7. The predicted octanol–water partition coefficient (Wildman–Crippen LogP) is 4.31. The first-order valence-electron chi connectivity index (χ1n) is 11.4. The molecule has 0 amide bonds. The van der Waals surface area contributed by atoms with Crippen molar-refractivity contribution < 1.29 is 0 Å². The van der Waals surface area contributed by atoms with E-state index >= 15 is 0 Å². The number of nitrogens with one attached hydrogen (secondary N) is 2. The fourth-order valence-electron chi connectivity index (χ4n) is 3.93. The third-order valence-electron chi connectivity index (χ3n) is 5.81. The number of rotatable bonds is 9. The number of anilines is 1. The van der Waals surface area contributed by atoms with Crippen molar-refractivity contribution in [1.82, 2.24) is 15.5 Å². The summed E-state index contributed by atoms with van der Waals surface area (Å²) in [5.41, 5.74) is 2.69. The SMILES string of the molecule is CCNC(=NCc1ccccc1CN(CC)CC)NC1CCN(c2cccs2)CC1. The van der Waals surface area contributed by atoms with E-state index in [1.54, 1.807) is 0 Å². The summed E-state index contributed by atoms with van der Waals surface area (Å²) in [6.07, 6.45) is 2.28. The molecule has 0 unspecified atom stereocenters. The van der Waals surface area contributed by atoms with Gasteiger partial charge in [-0.05, 0) is 61.5 Å². The van der Waals surface area contributed by atoms with Crippen molar-refractivity contribution in [3.8, 4) is 0 Å². The van der Waals surface area contributed by atoms with Gasteiger partial charge in [-0.2, -0.15) is 0 Å². The summed E-state index contributed by atoms with van der Waals surface area (Å²) in [4.78, 5) is 9.88. The second-order valence-electron chi connectivity index (χ2n) is 7.78. The lowest BCUT2D eigenvalue weighted by atomic mass is 10.1. The molecular weight excluding hydrogens is 390 g/mol. The lowest BCUT2D eigenvalue weighted by Crippen LogP contribution is -2.48. The Kier molecular flexibility index (Phi) is 9.02. The van der Waals surface area contributed by atoms with E-state index in [1.165, 1.54) is 16.1 Å². The summed E-state index contributed by atoms with van der Waals surface area (Å²) in [5.74, 6) is 0.935. The molecule has 6 heteroatoms. The number of guanidine groups is 1. The zero-order valence-corrected chi connectivity index (χ0v) is 19.5. The van der Waals surface area contributed by atoms with Gasteiger partial charge in [-0.15, -0.1) is 11.3 Å². The van der Waals surface area contributed by atoms with E-state index < -0.39 is 0 Å². The molecular formula is C24H37N5S. The average molecular weight is 428 g/mol. The quantitative estimate of drug-likeness (QED) is 0.462. The molecule has 1 aliphatic heterocycles. The van der Waals surface area contributed by atoms with E-state index in [-0.39, 0.29) is 0 Å². The van der Waals surface area contributed by atoms with Crippen LogP contribution < -0.4 is 15.5 Å². The minimum atomic E-state index is 0.477. The van der Waals surface area contributed by atoms with Gasteiger partial charge in [0.25, 0.3) is 0 Å². The van der Waals surface area contributed by atoms with Crippen molar-refractivity contribution in [3.05, 3.63) is 52.9 Å². The van der Waals surface area contributed by atoms with Crippen LogP contribution in [0.3, 0.4) is 0 Å². The number of thiophene rings is 1. The van der Waals surface area contributed by atoms with E-state index in [4.69, 9.17) is 4.99 Å². The van der Waals surface area contributed by atoms with Crippen LogP contribution in [0.5, 0.6) is 0 Å². The second-order valence-corrected chi connectivity index (χ2v) is 8.71. The minimum absolute atomic E-state index is 0.477. The van der Waals surface area contributed by atoms with Gasteiger partial charge in [0.15, 0.2) is 5.96 Å². The van der Waals surface area contributed by atoms with Crippen LogP contribution >= 0.6 is 11.3 Å². The fraction of sp³-hybridized carbons (Fsp3) is 0.542. The number of benzene rings is 1. The number of piperidine rings is 1. The Morgan fingerprint density at radius 3 is 2.43 bits per heavy atom. The van der Waals surface area contributed by atoms with Crippen LogP contribution in [-0.4, -0.2) is 49.6 Å². The summed E-state index contributed by atoms with van der Waals surface area (Å²) in [5, 5.41) is 10.7. The molecule has 2 heterocycles. The van der Waals surface area contributed by atoms with Gasteiger partial charge < -0.3 is 15.5 Å². The molecule has 1 saturated heterocycles. The van der Waals surface area contributed by atoms with E-state index in [0.717, 1.165) is 58.1 Å². The maximum absolute atomic E-state index is 4.93. The van der Waals surface area contributed by atoms with Crippen LogP contribution in [0.15, 0.2) is 46.8 Å². The second kappa shape index (κ2) is 12.0. The molecule has 1 aliphatic rings. The van der Waals surface area contributed by atoms with Gasteiger partial charge >= 0.3 is 0 Å². The van der Waals surface area contributed by atoms with Crippen molar-refractivity contribution >= 4 is 22.3 Å². The molecule has 3 rings (SSSR count). The Morgan fingerprint density at radius 1 is 1.07 bits per heavy atom. The molecule has 1 fully saturated rings. The summed E-state index contributed by atoms with van der Waals surface area (Å²) in [7, 11) is 0. The third-order valence-corrected chi connectivity index (χ3v) is 6.74. The predicted molar refractivity (Wildman–Crippen MR) is 131 cm³/mol. The molecule has 1 aromatic carbocycles. The van der Waals surface area contributed by atoms with Gasteiger partial charge in [-0.25, -0.2) is 4.99 Å². The Labute approximate surface area is 186 Å². The van der Waals surface area contributed by atoms with E-state index in [0.29, 0.717) is 12.6 Å². The lowest BCUT2D eigenvalue weighted by Gasteiger charge is -2.33. The van der Waals surface area contributed by atoms with Crippen molar-refractivity contribution in [1.29, 1.82) is 0 Å². The Hall–Kier alpha value is -2.05. The maximum Gasteiger partial charge on any atom is 0.191 e. The van der Waals surface area contributed by atoms with Crippen LogP contribution in [0.4, 0.5) is 5.00 Å². The van der Waals surface area contributed by atoms with Crippen LogP contribution in [0.1, 0.15) is 44.7 Å². The third kappa shape index (κ3) is 6.47. The average Bonchev–Trinajstić information content (AvgIpc) is 3.32. The first kappa shape index (κ1) is 22.6. The highest BCUT2D eigenvalue weighted by Gasteiger charge is 2.20. The Balaban J connectivity index is 1.59. The summed E-state index contributed by atoms with van der Waals surface area (Å²) in [6.45, 7) is 13.5. The highest BCUT2D eigenvalue weighted by atomic mass is 32.1. The molecule has 0 aliphatic carbocycles. The molecule has 2 N–H and O–H groups in total. The zero-order chi connectivity index (χ0) is 21.2. The van der Waals surface area contributed by atoms with Crippen molar-refractivity contribution in [3.63, 3.8) is 0 Å². The minimum Gasteiger partial charge on any atom is -0.363 e. The fourth-order valence-corrected chi connectivity index (χ4v) is 4.71. The summed E-state index contributed by atoms with van der Waals surface area (Å²) < 4.78 is 0. The molecule has 5 nitrogen and oxygen atoms in total. The summed E-state index contributed by atoms with van der Waals surface area (Å²) in [6, 6.07) is 13.5. The smallest absolute Gasteiger partial charge is 0.191 e. The molecule has 0 saturated carbocycles. The molecule has 0 atom stereocenters. The molecule has 30 heavy (non-hydrogen) atoms. The molecule has 0 bridgehead atoms. The summed E-state index contributed by atoms with van der Waals surface area (Å²) >= 11 is 1.83. The highest BCUT2D eigenvalue weighted by Crippen LogP contribution is 2.24. The van der Waals surface area contributed by atoms with Crippen molar-refractivity contribution in [2.45, 2.75) is 52.7 Å². The number of nitrogens with zero attached hydrogens (tertiary/aromatic N) is 3. The van der Waals surface area contributed by atoms with E-state index in [9.17, 15) is 0 Å². The molecule has 164 valence electrons. The van der Waals surface area contributed by atoms with Crippen molar-refractivity contribution in [2.75, 3.05) is 37.6 Å². The van der Waals surface area contributed by atoms with Gasteiger partial charge in [0, 0.05) is 32.2 Å². The van der Waals surface area contributed by atoms with Gasteiger partial charge in [-0.1, -0.05) is 38.1 Å². The molecule has 0 spiro atoms. The Bertz CT molecular complexity index is 762. The largest absolute Gasteiger partial charge is 0.363 e. The number of hydrogen-bond acceptors (Lipinski definition) is 4. The monoisotopic (exact) mass is 427 g/mol. The highest BCUT2D eigenvalue weighted by molar-refractivity contribution is 7.14.